The highest BCUT2D eigenvalue weighted by molar-refractivity contribution is 5.94. The molecule has 0 aliphatic heterocycles. The zero-order valence-corrected chi connectivity index (χ0v) is 12.9. The molecule has 1 aromatic carbocycles. The molecule has 2 rings (SSSR count). The number of carbonyl (C=O) groups is 1. The first kappa shape index (κ1) is 15.7. The summed E-state index contributed by atoms with van der Waals surface area (Å²) in [4.78, 5) is 14.3. The van der Waals surface area contributed by atoms with Gasteiger partial charge in [-0.15, -0.1) is 0 Å². The van der Waals surface area contributed by atoms with Crippen LogP contribution < -0.4 is 0 Å². The second-order valence-electron chi connectivity index (χ2n) is 5.93. The molecule has 0 atom stereocenters. The van der Waals surface area contributed by atoms with E-state index in [9.17, 15) is 9.18 Å². The molecule has 0 aromatic heterocycles. The number of halogens is 1. The smallest absolute Gasteiger partial charge is 0.246 e. The Kier molecular flexibility index (Phi) is 5.54. The number of amides is 1. The molecule has 114 valence electrons. The van der Waals surface area contributed by atoms with Crippen molar-refractivity contribution in [3.63, 3.8) is 0 Å². The van der Waals surface area contributed by atoms with E-state index in [1.807, 2.05) is 18.9 Å². The number of allylic oxidation sites excluding steroid dienone is 1. The van der Waals surface area contributed by atoms with Gasteiger partial charge in [0.15, 0.2) is 0 Å². The van der Waals surface area contributed by atoms with Crippen molar-refractivity contribution in [1.29, 1.82) is 0 Å². The molecular formula is C18H24FNO. The zero-order valence-electron chi connectivity index (χ0n) is 12.9. The Labute approximate surface area is 126 Å². The van der Waals surface area contributed by atoms with Gasteiger partial charge in [-0.25, -0.2) is 4.39 Å². The molecule has 0 unspecified atom stereocenters. The average molecular weight is 289 g/mol. The normalized spacial score (nSPS) is 17.4. The number of benzene rings is 1. The fourth-order valence-electron chi connectivity index (χ4n) is 2.91. The molecule has 1 aliphatic rings. The van der Waals surface area contributed by atoms with Gasteiger partial charge in [0.25, 0.3) is 0 Å². The molecule has 1 fully saturated rings. The fourth-order valence-corrected chi connectivity index (χ4v) is 2.91. The van der Waals surface area contributed by atoms with Crippen LogP contribution in [0.1, 0.15) is 51.0 Å². The Morgan fingerprint density at radius 3 is 2.29 bits per heavy atom. The van der Waals surface area contributed by atoms with Gasteiger partial charge in [-0.3, -0.25) is 4.79 Å². The molecule has 0 bridgehead atoms. The molecule has 1 aliphatic carbocycles. The quantitative estimate of drug-likeness (QED) is 0.596. The van der Waals surface area contributed by atoms with Crippen LogP contribution in [0.15, 0.2) is 30.3 Å². The van der Waals surface area contributed by atoms with E-state index in [-0.39, 0.29) is 11.7 Å². The molecule has 0 spiro atoms. The summed E-state index contributed by atoms with van der Waals surface area (Å²) in [7, 11) is 1.90. The third-order valence-electron chi connectivity index (χ3n) is 4.36. The summed E-state index contributed by atoms with van der Waals surface area (Å²) < 4.78 is 12.9. The molecule has 2 nitrogen and oxygen atoms in total. The molecule has 1 amide bonds. The summed E-state index contributed by atoms with van der Waals surface area (Å²) in [6.45, 7) is 1.89. The summed E-state index contributed by atoms with van der Waals surface area (Å²) in [6.07, 6.45) is 8.85. The molecule has 0 saturated heterocycles. The van der Waals surface area contributed by atoms with Gasteiger partial charge in [0, 0.05) is 19.2 Å². The number of rotatable bonds is 3. The molecule has 0 radical (unpaired) electrons. The second-order valence-corrected chi connectivity index (χ2v) is 5.93. The van der Waals surface area contributed by atoms with Crippen molar-refractivity contribution in [2.24, 2.45) is 0 Å². The maximum Gasteiger partial charge on any atom is 0.246 e. The maximum atomic E-state index is 12.9. The lowest BCUT2D eigenvalue weighted by atomic mass is 10.1. The molecule has 1 saturated carbocycles. The highest BCUT2D eigenvalue weighted by Gasteiger charge is 2.20. The highest BCUT2D eigenvalue weighted by Crippen LogP contribution is 2.22. The Morgan fingerprint density at radius 1 is 1.14 bits per heavy atom. The van der Waals surface area contributed by atoms with E-state index in [0.717, 1.165) is 24.0 Å². The van der Waals surface area contributed by atoms with Gasteiger partial charge in [0.2, 0.25) is 5.91 Å². The van der Waals surface area contributed by atoms with Crippen molar-refractivity contribution in [3.05, 3.63) is 41.7 Å². The second kappa shape index (κ2) is 7.39. The highest BCUT2D eigenvalue weighted by atomic mass is 19.1. The van der Waals surface area contributed by atoms with Crippen LogP contribution >= 0.6 is 0 Å². The first-order valence-electron chi connectivity index (χ1n) is 7.79. The van der Waals surface area contributed by atoms with Crippen molar-refractivity contribution in [2.45, 2.75) is 51.5 Å². The van der Waals surface area contributed by atoms with Crippen LogP contribution in [0.5, 0.6) is 0 Å². The number of likely N-dealkylation sites (N-methyl/N-ethyl adjacent to an activating group) is 1. The predicted octanol–water partition coefficient (Wildman–Crippen LogP) is 4.41. The number of hydrogen-bond acceptors (Lipinski definition) is 1. The monoisotopic (exact) mass is 289 g/mol. The van der Waals surface area contributed by atoms with Crippen LogP contribution in [0.2, 0.25) is 0 Å². The van der Waals surface area contributed by atoms with Crippen molar-refractivity contribution < 1.29 is 9.18 Å². The van der Waals surface area contributed by atoms with Crippen LogP contribution in [0.3, 0.4) is 0 Å². The Bertz CT molecular complexity index is 498. The van der Waals surface area contributed by atoms with Crippen molar-refractivity contribution >= 4 is 11.5 Å². The summed E-state index contributed by atoms with van der Waals surface area (Å²) in [5, 5.41) is 0. The summed E-state index contributed by atoms with van der Waals surface area (Å²) in [5.74, 6) is -0.211. The zero-order chi connectivity index (χ0) is 15.2. The van der Waals surface area contributed by atoms with Gasteiger partial charge in [-0.2, -0.15) is 0 Å². The van der Waals surface area contributed by atoms with Gasteiger partial charge < -0.3 is 4.90 Å². The molecule has 0 heterocycles. The number of hydrogen-bond donors (Lipinski definition) is 0. The van der Waals surface area contributed by atoms with Crippen molar-refractivity contribution in [2.75, 3.05) is 7.05 Å². The van der Waals surface area contributed by atoms with Gasteiger partial charge >= 0.3 is 0 Å². The lowest BCUT2D eigenvalue weighted by molar-refractivity contribution is -0.126. The van der Waals surface area contributed by atoms with E-state index in [2.05, 4.69) is 0 Å². The predicted molar refractivity (Wildman–Crippen MR) is 84.3 cm³/mol. The molecular weight excluding hydrogens is 265 g/mol. The van der Waals surface area contributed by atoms with Gasteiger partial charge in [0.05, 0.1) is 0 Å². The Balaban J connectivity index is 2.04. The van der Waals surface area contributed by atoms with Gasteiger partial charge in [-0.05, 0) is 43.0 Å². The summed E-state index contributed by atoms with van der Waals surface area (Å²) in [6, 6.07) is 6.62. The van der Waals surface area contributed by atoms with Gasteiger partial charge in [0.1, 0.15) is 5.82 Å². The molecule has 3 heteroatoms. The molecule has 0 N–H and O–H groups in total. The third kappa shape index (κ3) is 4.42. The van der Waals surface area contributed by atoms with Crippen LogP contribution in [-0.4, -0.2) is 23.9 Å². The van der Waals surface area contributed by atoms with E-state index >= 15 is 0 Å². The lowest BCUT2D eigenvalue weighted by Gasteiger charge is -2.26. The average Bonchev–Trinajstić information content (AvgIpc) is 2.76. The van der Waals surface area contributed by atoms with E-state index in [0.29, 0.717) is 6.04 Å². The van der Waals surface area contributed by atoms with E-state index in [1.165, 1.54) is 37.8 Å². The van der Waals surface area contributed by atoms with Crippen LogP contribution in [0.4, 0.5) is 4.39 Å². The van der Waals surface area contributed by atoms with E-state index in [1.54, 1.807) is 18.2 Å². The number of nitrogens with zero attached hydrogens (tertiary/aromatic N) is 1. The number of carbonyl (C=O) groups excluding carboxylic acids is 1. The summed E-state index contributed by atoms with van der Waals surface area (Å²) >= 11 is 0. The first-order valence-corrected chi connectivity index (χ1v) is 7.79. The standard InChI is InChI=1S/C18H24FNO/c1-14(15-9-11-16(19)12-10-15)13-18(21)20(2)17-7-5-3-4-6-8-17/h9-13,17H,3-8H2,1-2H3/b14-13-. The van der Waals surface area contributed by atoms with Crippen LogP contribution in [-0.2, 0) is 4.79 Å². The first-order chi connectivity index (χ1) is 10.1. The molecule has 1 aromatic rings. The Morgan fingerprint density at radius 2 is 1.71 bits per heavy atom. The minimum Gasteiger partial charge on any atom is -0.339 e. The fraction of sp³-hybridized carbons (Fsp3) is 0.500. The topological polar surface area (TPSA) is 20.3 Å². The maximum absolute atomic E-state index is 12.9. The lowest BCUT2D eigenvalue weighted by Crippen LogP contribution is -2.35. The van der Waals surface area contributed by atoms with Gasteiger partial charge in [-0.1, -0.05) is 37.8 Å². The molecule has 21 heavy (non-hydrogen) atoms. The van der Waals surface area contributed by atoms with E-state index in [4.69, 9.17) is 0 Å². The largest absolute Gasteiger partial charge is 0.339 e. The minimum atomic E-state index is -0.256. The minimum absolute atomic E-state index is 0.0451. The third-order valence-corrected chi connectivity index (χ3v) is 4.36. The summed E-state index contributed by atoms with van der Waals surface area (Å²) in [5.41, 5.74) is 1.76. The van der Waals surface area contributed by atoms with E-state index < -0.39 is 0 Å². The van der Waals surface area contributed by atoms with Crippen LogP contribution in [0, 0.1) is 5.82 Å². The SMILES string of the molecule is C/C(=C/C(=O)N(C)C1CCCCCC1)c1ccc(F)cc1. The Hall–Kier alpha value is -1.64. The van der Waals surface area contributed by atoms with Crippen molar-refractivity contribution in [1.82, 2.24) is 4.90 Å². The van der Waals surface area contributed by atoms with Crippen LogP contribution in [0.25, 0.3) is 5.57 Å². The van der Waals surface area contributed by atoms with Crippen molar-refractivity contribution in [3.8, 4) is 0 Å².